The minimum Gasteiger partial charge on any atom is -0.619 e. The van der Waals surface area contributed by atoms with E-state index in [4.69, 9.17) is 5.73 Å². The van der Waals surface area contributed by atoms with Crippen LogP contribution in [0.1, 0.15) is 34.0 Å². The molecule has 1 aromatic heterocycles. The Morgan fingerprint density at radius 3 is 2.45 bits per heavy atom. The second kappa shape index (κ2) is 11.0. The van der Waals surface area contributed by atoms with Crippen LogP contribution in [0.5, 0.6) is 0 Å². The molecule has 0 bridgehead atoms. The third kappa shape index (κ3) is 6.81. The summed E-state index contributed by atoms with van der Waals surface area (Å²) in [6.45, 7) is 2.09. The fourth-order valence-corrected chi connectivity index (χ4v) is 3.65. The van der Waals surface area contributed by atoms with Crippen molar-refractivity contribution < 1.29 is 23.4 Å². The number of carbonyl (C=O) groups excluding carboxylic acids is 1. The monoisotopic (exact) mass is 455 g/mol. The molecule has 1 amide bonds. The minimum absolute atomic E-state index is 0.0229. The number of carbonyl (C=O) groups is 1. The summed E-state index contributed by atoms with van der Waals surface area (Å²) in [6, 6.07) is 12.9. The highest BCUT2D eigenvalue weighted by molar-refractivity contribution is 5.93. The number of rotatable bonds is 9. The smallest absolute Gasteiger partial charge is 0.260 e. The Balaban J connectivity index is 1.80. The summed E-state index contributed by atoms with van der Waals surface area (Å²) in [4.78, 5) is 14.6. The average Bonchev–Trinajstić information content (AvgIpc) is 2.77. The van der Waals surface area contributed by atoms with Crippen LogP contribution in [0.15, 0.2) is 67.0 Å². The first-order valence-electron chi connectivity index (χ1n) is 10.7. The highest BCUT2D eigenvalue weighted by atomic mass is 19.1. The maximum Gasteiger partial charge on any atom is 0.260 e. The van der Waals surface area contributed by atoms with Gasteiger partial charge >= 0.3 is 0 Å². The first-order valence-corrected chi connectivity index (χ1v) is 10.7. The maximum atomic E-state index is 13.5. The molecule has 0 radical (unpaired) electrons. The van der Waals surface area contributed by atoms with E-state index in [1.54, 1.807) is 0 Å². The van der Waals surface area contributed by atoms with Crippen LogP contribution in [0, 0.1) is 16.8 Å². The second-order valence-electron chi connectivity index (χ2n) is 8.02. The van der Waals surface area contributed by atoms with Gasteiger partial charge in [-0.15, -0.1) is 0 Å². The van der Waals surface area contributed by atoms with Crippen molar-refractivity contribution in [3.05, 3.63) is 106 Å². The lowest BCUT2D eigenvalue weighted by atomic mass is 10.0. The van der Waals surface area contributed by atoms with E-state index in [1.165, 1.54) is 29.4 Å². The predicted octanol–water partition coefficient (Wildman–Crippen LogP) is 2.73. The number of nitrogens with zero attached hydrogens (tertiary/aromatic N) is 2. The Morgan fingerprint density at radius 1 is 1.09 bits per heavy atom. The number of aliphatic hydroxyl groups excluding tert-OH is 1. The van der Waals surface area contributed by atoms with Crippen molar-refractivity contribution in [2.75, 3.05) is 6.54 Å². The lowest BCUT2D eigenvalue weighted by molar-refractivity contribution is -0.605. The topological polar surface area (TPSA) is 93.5 Å². The number of benzene rings is 2. The number of aryl methyl sites for hydroxylation is 1. The quantitative estimate of drug-likeness (QED) is 0.383. The largest absolute Gasteiger partial charge is 0.619 e. The Kier molecular flexibility index (Phi) is 8.08. The molecule has 0 saturated heterocycles. The van der Waals surface area contributed by atoms with Crippen molar-refractivity contribution in [3.63, 3.8) is 0 Å². The molecule has 0 unspecified atom stereocenters. The van der Waals surface area contributed by atoms with E-state index < -0.39 is 29.7 Å². The molecule has 1 heterocycles. The van der Waals surface area contributed by atoms with Crippen LogP contribution in [0.2, 0.25) is 0 Å². The van der Waals surface area contributed by atoms with Crippen LogP contribution in [-0.2, 0) is 19.4 Å². The SMILES string of the molecule is CCc1cccc(CN(C[C@@H](O)[C@@H](N)Cc2cc(F)cc(F)c2)C(=O)c2ccc[n+]([O-])c2)c1. The lowest BCUT2D eigenvalue weighted by Gasteiger charge is -2.28. The summed E-state index contributed by atoms with van der Waals surface area (Å²) < 4.78 is 27.5. The lowest BCUT2D eigenvalue weighted by Crippen LogP contribution is -2.46. The second-order valence-corrected chi connectivity index (χ2v) is 8.02. The van der Waals surface area contributed by atoms with Crippen molar-refractivity contribution in [2.24, 2.45) is 5.73 Å². The number of aromatic nitrogens is 1. The number of amides is 1. The molecule has 8 heteroatoms. The van der Waals surface area contributed by atoms with Crippen molar-refractivity contribution in [1.29, 1.82) is 0 Å². The summed E-state index contributed by atoms with van der Waals surface area (Å²) in [5.74, 6) is -1.89. The van der Waals surface area contributed by atoms with Gasteiger partial charge in [-0.3, -0.25) is 4.79 Å². The zero-order chi connectivity index (χ0) is 24.0. The molecule has 33 heavy (non-hydrogen) atoms. The molecule has 0 aliphatic carbocycles. The van der Waals surface area contributed by atoms with E-state index in [-0.39, 0.29) is 25.1 Å². The van der Waals surface area contributed by atoms with Crippen molar-refractivity contribution >= 4 is 5.91 Å². The first kappa shape index (κ1) is 24.3. The standard InChI is InChI=1S/C25H27F2N3O3/c1-2-17-5-3-6-18(9-17)14-29(25(32)20-7-4-8-30(33)15-20)16-24(31)23(28)12-19-10-21(26)13-22(27)11-19/h3-11,13,15,23-24,31H,2,12,14,16,28H2,1H3/t23-,24+/m0/s1. The Morgan fingerprint density at radius 2 is 1.79 bits per heavy atom. The molecule has 3 N–H and O–H groups in total. The molecule has 2 aromatic carbocycles. The fraction of sp³-hybridized carbons (Fsp3) is 0.280. The van der Waals surface area contributed by atoms with E-state index in [1.807, 2.05) is 31.2 Å². The number of hydrogen-bond acceptors (Lipinski definition) is 4. The molecule has 3 rings (SSSR count). The number of pyridine rings is 1. The molecule has 0 fully saturated rings. The third-order valence-corrected chi connectivity index (χ3v) is 5.38. The van der Waals surface area contributed by atoms with Crippen LogP contribution in [0.4, 0.5) is 8.78 Å². The van der Waals surface area contributed by atoms with E-state index in [0.717, 1.165) is 35.7 Å². The zero-order valence-corrected chi connectivity index (χ0v) is 18.3. The molecule has 0 spiro atoms. The van der Waals surface area contributed by atoms with Gasteiger partial charge in [0.1, 0.15) is 17.2 Å². The van der Waals surface area contributed by atoms with Gasteiger partial charge in [0.2, 0.25) is 0 Å². The normalized spacial score (nSPS) is 12.9. The molecule has 0 aliphatic rings. The predicted molar refractivity (Wildman–Crippen MR) is 120 cm³/mol. The van der Waals surface area contributed by atoms with Gasteiger partial charge in [-0.2, -0.15) is 4.73 Å². The van der Waals surface area contributed by atoms with Crippen molar-refractivity contribution in [3.8, 4) is 0 Å². The number of aliphatic hydroxyl groups is 1. The Bertz CT molecular complexity index is 1090. The molecule has 0 aliphatic heterocycles. The van der Waals surface area contributed by atoms with Gasteiger partial charge in [-0.05, 0) is 47.7 Å². The van der Waals surface area contributed by atoms with Gasteiger partial charge in [0.05, 0.1) is 6.10 Å². The molecule has 174 valence electrons. The van der Waals surface area contributed by atoms with Gasteiger partial charge in [-0.25, -0.2) is 8.78 Å². The summed E-state index contributed by atoms with van der Waals surface area (Å²) >= 11 is 0. The van der Waals surface area contributed by atoms with Crippen molar-refractivity contribution in [1.82, 2.24) is 4.90 Å². The molecule has 0 saturated carbocycles. The van der Waals surface area contributed by atoms with E-state index >= 15 is 0 Å². The average molecular weight is 456 g/mol. The molecular formula is C25H27F2N3O3. The van der Waals surface area contributed by atoms with Crippen molar-refractivity contribution in [2.45, 2.75) is 38.5 Å². The highest BCUT2D eigenvalue weighted by Crippen LogP contribution is 2.15. The molecule has 6 nitrogen and oxygen atoms in total. The molecule has 3 aromatic rings. The van der Waals surface area contributed by atoms with Gasteiger partial charge in [0.15, 0.2) is 12.4 Å². The summed E-state index contributed by atoms with van der Waals surface area (Å²) in [7, 11) is 0. The summed E-state index contributed by atoms with van der Waals surface area (Å²) in [6.07, 6.45) is 2.12. The van der Waals surface area contributed by atoms with Gasteiger partial charge in [0.25, 0.3) is 5.91 Å². The van der Waals surface area contributed by atoms with Gasteiger partial charge in [0, 0.05) is 31.3 Å². The highest BCUT2D eigenvalue weighted by Gasteiger charge is 2.25. The first-order chi connectivity index (χ1) is 15.7. The molecular weight excluding hydrogens is 428 g/mol. The van der Waals surface area contributed by atoms with Gasteiger partial charge < -0.3 is 20.9 Å². The number of halogens is 2. The van der Waals surface area contributed by atoms with E-state index in [9.17, 15) is 23.9 Å². The van der Waals surface area contributed by atoms with Crippen LogP contribution in [0.25, 0.3) is 0 Å². The van der Waals surface area contributed by atoms with E-state index in [0.29, 0.717) is 10.3 Å². The third-order valence-electron chi connectivity index (χ3n) is 5.38. The van der Waals surface area contributed by atoms with Gasteiger partial charge in [-0.1, -0.05) is 31.2 Å². The number of hydrogen-bond donors (Lipinski definition) is 2. The van der Waals surface area contributed by atoms with E-state index in [2.05, 4.69) is 0 Å². The van der Waals surface area contributed by atoms with Crippen LogP contribution in [-0.4, -0.2) is 34.6 Å². The van der Waals surface area contributed by atoms with Crippen LogP contribution >= 0.6 is 0 Å². The Hall–Kier alpha value is -3.36. The fourth-order valence-electron chi connectivity index (χ4n) is 3.65. The number of nitrogens with two attached hydrogens (primary N) is 1. The summed E-state index contributed by atoms with van der Waals surface area (Å²) in [5.41, 5.74) is 8.56. The van der Waals surface area contributed by atoms with Crippen LogP contribution in [0.3, 0.4) is 0 Å². The van der Waals surface area contributed by atoms with Crippen LogP contribution < -0.4 is 10.5 Å². The molecule has 2 atom stereocenters. The summed E-state index contributed by atoms with van der Waals surface area (Å²) in [5, 5.41) is 22.4. The maximum absolute atomic E-state index is 13.5. The Labute approximate surface area is 191 Å². The minimum atomic E-state index is -1.17. The zero-order valence-electron chi connectivity index (χ0n) is 18.3.